The molecule has 2 heterocycles. The number of benzene rings is 1. The van der Waals surface area contributed by atoms with Crippen molar-refractivity contribution in [3.63, 3.8) is 0 Å². The number of rotatable bonds is 6. The Balaban J connectivity index is 1.28. The number of carbonyl (C=O) groups is 1. The normalized spacial score (nSPS) is 23.8. The number of hydrogen-bond acceptors (Lipinski definition) is 5. The van der Waals surface area contributed by atoms with E-state index < -0.39 is 5.60 Å². The van der Waals surface area contributed by atoms with Crippen LogP contribution in [0.1, 0.15) is 62.8 Å². The minimum Gasteiger partial charge on any atom is -0.444 e. The summed E-state index contributed by atoms with van der Waals surface area (Å²) >= 11 is 0. The van der Waals surface area contributed by atoms with Crippen LogP contribution < -0.4 is 0 Å². The maximum atomic E-state index is 13.3. The third kappa shape index (κ3) is 4.80. The second-order valence-electron chi connectivity index (χ2n) is 10.9. The minimum atomic E-state index is -0.486. The van der Waals surface area contributed by atoms with Crippen LogP contribution in [0.3, 0.4) is 0 Å². The fraction of sp³-hybridized carbons (Fsp3) is 0.577. The highest BCUT2D eigenvalue weighted by Gasteiger charge is 2.52. The van der Waals surface area contributed by atoms with Gasteiger partial charge in [0, 0.05) is 67.4 Å². The van der Waals surface area contributed by atoms with E-state index in [2.05, 4.69) is 44.0 Å². The molecule has 5 rings (SSSR count). The lowest BCUT2D eigenvalue weighted by Gasteiger charge is -2.35. The molecule has 6 nitrogen and oxygen atoms in total. The van der Waals surface area contributed by atoms with Crippen molar-refractivity contribution in [1.29, 1.82) is 0 Å². The van der Waals surface area contributed by atoms with Crippen molar-refractivity contribution in [3.05, 3.63) is 59.7 Å². The number of fused-ring (bicyclic) bond motifs is 1. The van der Waals surface area contributed by atoms with Gasteiger partial charge in [0.15, 0.2) is 0 Å². The Morgan fingerprint density at radius 2 is 2.03 bits per heavy atom. The van der Waals surface area contributed by atoms with Crippen LogP contribution in [-0.2, 0) is 17.7 Å². The van der Waals surface area contributed by atoms with E-state index in [4.69, 9.17) is 4.74 Å². The molecule has 0 radical (unpaired) electrons. The zero-order valence-corrected chi connectivity index (χ0v) is 19.5. The predicted octanol–water partition coefficient (Wildman–Crippen LogP) is 4.41. The summed E-state index contributed by atoms with van der Waals surface area (Å²) in [5.74, 6) is 0.415. The van der Waals surface area contributed by atoms with Gasteiger partial charge in [-0.3, -0.25) is 4.90 Å². The SMILES string of the molecule is CC(C)(C)OC(=O)N(CC1(CN2CCc3ncncc3C2)CC1)[C@H]1CC1c1ccccc1. The summed E-state index contributed by atoms with van der Waals surface area (Å²) in [5, 5.41) is 0. The van der Waals surface area contributed by atoms with E-state index in [0.717, 1.165) is 39.0 Å². The third-order valence-electron chi connectivity index (χ3n) is 6.97. The van der Waals surface area contributed by atoms with Gasteiger partial charge in [0.1, 0.15) is 11.9 Å². The summed E-state index contributed by atoms with van der Waals surface area (Å²) in [4.78, 5) is 26.5. The van der Waals surface area contributed by atoms with E-state index in [1.165, 1.54) is 29.7 Å². The molecule has 0 saturated heterocycles. The van der Waals surface area contributed by atoms with E-state index in [-0.39, 0.29) is 17.6 Å². The van der Waals surface area contributed by atoms with Crippen molar-refractivity contribution < 1.29 is 9.53 Å². The fourth-order valence-electron chi connectivity index (χ4n) is 5.06. The lowest BCUT2D eigenvalue weighted by atomic mass is 10.0. The third-order valence-corrected chi connectivity index (χ3v) is 6.97. The quantitative estimate of drug-likeness (QED) is 0.674. The molecule has 2 fully saturated rings. The summed E-state index contributed by atoms with van der Waals surface area (Å²) in [6, 6.07) is 10.8. The van der Waals surface area contributed by atoms with Crippen LogP contribution in [0.4, 0.5) is 4.79 Å². The Kier molecular flexibility index (Phi) is 5.44. The highest BCUT2D eigenvalue weighted by molar-refractivity contribution is 5.69. The molecule has 1 unspecified atom stereocenters. The molecule has 1 amide bonds. The highest BCUT2D eigenvalue weighted by Crippen LogP contribution is 2.51. The van der Waals surface area contributed by atoms with E-state index in [1.54, 1.807) is 6.33 Å². The molecule has 0 bridgehead atoms. The van der Waals surface area contributed by atoms with Gasteiger partial charge in [-0.15, -0.1) is 0 Å². The molecular weight excluding hydrogens is 400 g/mol. The summed E-state index contributed by atoms with van der Waals surface area (Å²) in [6.07, 6.45) is 7.78. The monoisotopic (exact) mass is 434 g/mol. The van der Waals surface area contributed by atoms with Gasteiger partial charge in [0.05, 0.1) is 0 Å². The summed E-state index contributed by atoms with van der Waals surface area (Å²) in [7, 11) is 0. The summed E-state index contributed by atoms with van der Waals surface area (Å²) in [5.41, 5.74) is 3.43. The molecule has 1 aromatic carbocycles. The van der Waals surface area contributed by atoms with Crippen molar-refractivity contribution in [1.82, 2.24) is 19.8 Å². The van der Waals surface area contributed by atoms with Gasteiger partial charge in [0.2, 0.25) is 0 Å². The van der Waals surface area contributed by atoms with E-state index in [1.807, 2.05) is 33.0 Å². The molecule has 1 aliphatic heterocycles. The topological polar surface area (TPSA) is 58.6 Å². The van der Waals surface area contributed by atoms with Gasteiger partial charge in [-0.1, -0.05) is 30.3 Å². The maximum absolute atomic E-state index is 13.3. The van der Waals surface area contributed by atoms with Crippen molar-refractivity contribution in [2.24, 2.45) is 5.41 Å². The van der Waals surface area contributed by atoms with Gasteiger partial charge in [-0.05, 0) is 45.6 Å². The average Bonchev–Trinajstić information content (AvgIpc) is 3.68. The molecule has 2 aromatic rings. The van der Waals surface area contributed by atoms with Crippen LogP contribution in [0.25, 0.3) is 0 Å². The first kappa shape index (κ1) is 21.4. The summed E-state index contributed by atoms with van der Waals surface area (Å²) in [6.45, 7) is 9.57. The number of hydrogen-bond donors (Lipinski definition) is 0. The second kappa shape index (κ2) is 8.14. The molecule has 6 heteroatoms. The highest BCUT2D eigenvalue weighted by atomic mass is 16.6. The molecule has 0 spiro atoms. The lowest BCUT2D eigenvalue weighted by molar-refractivity contribution is 0.0168. The van der Waals surface area contributed by atoms with Crippen LogP contribution in [0, 0.1) is 5.41 Å². The van der Waals surface area contributed by atoms with Crippen LogP contribution in [0.2, 0.25) is 0 Å². The number of carbonyl (C=O) groups excluding carboxylic acids is 1. The van der Waals surface area contributed by atoms with Gasteiger partial charge >= 0.3 is 6.09 Å². The number of nitrogens with zero attached hydrogens (tertiary/aromatic N) is 4. The van der Waals surface area contributed by atoms with Crippen LogP contribution in [-0.4, -0.2) is 57.1 Å². The zero-order chi connectivity index (χ0) is 22.3. The molecule has 170 valence electrons. The molecule has 2 atom stereocenters. The molecule has 0 N–H and O–H groups in total. The van der Waals surface area contributed by atoms with Crippen molar-refractivity contribution in [2.45, 2.75) is 70.6 Å². The van der Waals surface area contributed by atoms with Gasteiger partial charge in [0.25, 0.3) is 0 Å². The Morgan fingerprint density at radius 3 is 2.75 bits per heavy atom. The standard InChI is InChI=1S/C26H34N4O2/c1-25(2,3)32-24(31)30(23-13-21(23)19-7-5-4-6-8-19)17-26(10-11-26)16-29-12-9-22-20(15-29)14-27-18-28-22/h4-8,14,18,21,23H,9-13,15-17H2,1-3H3/t21?,23-/m0/s1. The zero-order valence-electron chi connectivity index (χ0n) is 19.5. The molecular formula is C26H34N4O2. The van der Waals surface area contributed by atoms with Crippen molar-refractivity contribution >= 4 is 6.09 Å². The number of ether oxygens (including phenoxy) is 1. The summed E-state index contributed by atoms with van der Waals surface area (Å²) < 4.78 is 5.85. The Labute approximate surface area is 191 Å². The molecule has 2 aliphatic carbocycles. The Hall–Kier alpha value is -2.47. The van der Waals surface area contributed by atoms with Crippen LogP contribution >= 0.6 is 0 Å². The molecule has 32 heavy (non-hydrogen) atoms. The predicted molar refractivity (Wildman–Crippen MR) is 123 cm³/mol. The first-order valence-corrected chi connectivity index (χ1v) is 11.9. The van der Waals surface area contributed by atoms with Crippen molar-refractivity contribution in [3.8, 4) is 0 Å². The average molecular weight is 435 g/mol. The number of amides is 1. The fourth-order valence-corrected chi connectivity index (χ4v) is 5.06. The maximum Gasteiger partial charge on any atom is 0.410 e. The van der Waals surface area contributed by atoms with Crippen LogP contribution in [0.5, 0.6) is 0 Å². The van der Waals surface area contributed by atoms with Crippen LogP contribution in [0.15, 0.2) is 42.9 Å². The first-order valence-electron chi connectivity index (χ1n) is 11.9. The van der Waals surface area contributed by atoms with E-state index in [9.17, 15) is 4.79 Å². The van der Waals surface area contributed by atoms with E-state index >= 15 is 0 Å². The van der Waals surface area contributed by atoms with Gasteiger partial charge < -0.3 is 9.64 Å². The lowest BCUT2D eigenvalue weighted by Crippen LogP contribution is -2.45. The molecule has 1 aromatic heterocycles. The largest absolute Gasteiger partial charge is 0.444 e. The Morgan fingerprint density at radius 1 is 1.25 bits per heavy atom. The second-order valence-corrected chi connectivity index (χ2v) is 10.9. The van der Waals surface area contributed by atoms with Crippen molar-refractivity contribution in [2.75, 3.05) is 19.6 Å². The number of aromatic nitrogens is 2. The molecule has 3 aliphatic rings. The Bertz CT molecular complexity index is 967. The van der Waals surface area contributed by atoms with E-state index in [0.29, 0.717) is 5.92 Å². The smallest absolute Gasteiger partial charge is 0.410 e. The minimum absolute atomic E-state index is 0.162. The molecule has 2 saturated carbocycles. The first-order chi connectivity index (χ1) is 15.3. The van der Waals surface area contributed by atoms with Gasteiger partial charge in [-0.25, -0.2) is 14.8 Å². The van der Waals surface area contributed by atoms with Gasteiger partial charge in [-0.2, -0.15) is 0 Å².